The van der Waals surface area contributed by atoms with Crippen LogP contribution in [-0.4, -0.2) is 44.5 Å². The molecular formula is C18H23N3O3S. The Morgan fingerprint density at radius 1 is 1.20 bits per heavy atom. The number of likely N-dealkylation sites (N-methyl/N-ethyl adjacent to an activating group) is 1. The van der Waals surface area contributed by atoms with E-state index in [2.05, 4.69) is 10.6 Å². The van der Waals surface area contributed by atoms with Crippen LogP contribution in [-0.2, 0) is 16.1 Å². The van der Waals surface area contributed by atoms with E-state index in [0.29, 0.717) is 12.3 Å². The summed E-state index contributed by atoms with van der Waals surface area (Å²) in [6, 6.07) is 9.38. The third-order valence-corrected chi connectivity index (χ3v) is 4.50. The van der Waals surface area contributed by atoms with Crippen molar-refractivity contribution >= 4 is 23.2 Å². The van der Waals surface area contributed by atoms with Crippen molar-refractivity contribution in [2.45, 2.75) is 12.6 Å². The van der Waals surface area contributed by atoms with Crippen molar-refractivity contribution in [3.63, 3.8) is 0 Å². The van der Waals surface area contributed by atoms with Gasteiger partial charge in [0.15, 0.2) is 0 Å². The van der Waals surface area contributed by atoms with E-state index < -0.39 is 11.8 Å². The molecule has 0 bridgehead atoms. The Kier molecular flexibility index (Phi) is 6.97. The van der Waals surface area contributed by atoms with Gasteiger partial charge in [-0.3, -0.25) is 9.59 Å². The summed E-state index contributed by atoms with van der Waals surface area (Å²) in [6.45, 7) is 0.639. The second-order valence-corrected chi connectivity index (χ2v) is 6.56. The molecule has 134 valence electrons. The predicted octanol–water partition coefficient (Wildman–Crippen LogP) is 1.79. The van der Waals surface area contributed by atoms with E-state index in [1.54, 1.807) is 18.4 Å². The van der Waals surface area contributed by atoms with Crippen LogP contribution in [0, 0.1) is 0 Å². The molecule has 0 aliphatic rings. The van der Waals surface area contributed by atoms with Gasteiger partial charge in [0.1, 0.15) is 5.75 Å². The van der Waals surface area contributed by atoms with Crippen LogP contribution in [0.4, 0.5) is 0 Å². The highest BCUT2D eigenvalue weighted by molar-refractivity contribution is 7.07. The van der Waals surface area contributed by atoms with Gasteiger partial charge in [-0.1, -0.05) is 12.1 Å². The van der Waals surface area contributed by atoms with Crippen molar-refractivity contribution in [2.75, 3.05) is 27.7 Å². The van der Waals surface area contributed by atoms with Crippen molar-refractivity contribution in [1.82, 2.24) is 15.5 Å². The number of ether oxygens (including phenoxy) is 1. The summed E-state index contributed by atoms with van der Waals surface area (Å²) >= 11 is 1.61. The van der Waals surface area contributed by atoms with E-state index in [-0.39, 0.29) is 12.6 Å². The molecule has 1 aromatic heterocycles. The average molecular weight is 361 g/mol. The number of nitrogens with one attached hydrogen (secondary N) is 2. The quantitative estimate of drug-likeness (QED) is 0.738. The number of hydrogen-bond donors (Lipinski definition) is 2. The summed E-state index contributed by atoms with van der Waals surface area (Å²) < 4.78 is 5.14. The zero-order chi connectivity index (χ0) is 18.2. The van der Waals surface area contributed by atoms with Crippen LogP contribution in [0.3, 0.4) is 0 Å². The Labute approximate surface area is 151 Å². The fourth-order valence-corrected chi connectivity index (χ4v) is 3.08. The van der Waals surface area contributed by atoms with Crippen molar-refractivity contribution in [3.05, 3.63) is 52.2 Å². The normalized spacial score (nSPS) is 11.8. The molecular weight excluding hydrogens is 338 g/mol. The van der Waals surface area contributed by atoms with Gasteiger partial charge in [0.2, 0.25) is 0 Å². The summed E-state index contributed by atoms with van der Waals surface area (Å²) in [5, 5.41) is 9.35. The van der Waals surface area contributed by atoms with Gasteiger partial charge >= 0.3 is 11.8 Å². The summed E-state index contributed by atoms with van der Waals surface area (Å²) in [4.78, 5) is 26.0. The number of hydrogen-bond acceptors (Lipinski definition) is 5. The number of carbonyl (C=O) groups excluding carboxylic acids is 2. The van der Waals surface area contributed by atoms with Crippen LogP contribution < -0.4 is 15.4 Å². The summed E-state index contributed by atoms with van der Waals surface area (Å²) in [5.74, 6) is -0.573. The van der Waals surface area contributed by atoms with E-state index in [4.69, 9.17) is 4.74 Å². The average Bonchev–Trinajstić information content (AvgIpc) is 3.13. The summed E-state index contributed by atoms with van der Waals surface area (Å²) in [7, 11) is 5.47. The SMILES string of the molecule is COc1cccc(CNC(=O)C(=O)NCC(c2ccsc2)N(C)C)c1. The highest BCUT2D eigenvalue weighted by Crippen LogP contribution is 2.19. The third-order valence-electron chi connectivity index (χ3n) is 3.80. The van der Waals surface area contributed by atoms with Crippen molar-refractivity contribution in [2.24, 2.45) is 0 Å². The first-order valence-electron chi connectivity index (χ1n) is 7.88. The molecule has 1 heterocycles. The maximum Gasteiger partial charge on any atom is 0.309 e. The number of nitrogens with zero attached hydrogens (tertiary/aromatic N) is 1. The van der Waals surface area contributed by atoms with E-state index in [9.17, 15) is 9.59 Å². The minimum Gasteiger partial charge on any atom is -0.497 e. The molecule has 7 heteroatoms. The first-order valence-corrected chi connectivity index (χ1v) is 8.83. The van der Waals surface area contributed by atoms with E-state index in [0.717, 1.165) is 11.1 Å². The molecule has 1 aromatic carbocycles. The molecule has 2 aromatic rings. The number of rotatable bonds is 7. The van der Waals surface area contributed by atoms with Gasteiger partial charge in [-0.05, 0) is 54.2 Å². The van der Waals surface area contributed by atoms with Crippen molar-refractivity contribution < 1.29 is 14.3 Å². The van der Waals surface area contributed by atoms with Gasteiger partial charge in [0.05, 0.1) is 13.2 Å². The Balaban J connectivity index is 1.84. The number of benzene rings is 1. The van der Waals surface area contributed by atoms with Gasteiger partial charge in [-0.2, -0.15) is 11.3 Å². The molecule has 1 atom stereocenters. The van der Waals surface area contributed by atoms with Crippen molar-refractivity contribution in [3.8, 4) is 5.75 Å². The zero-order valence-corrected chi connectivity index (χ0v) is 15.4. The Bertz CT molecular complexity index is 701. The maximum absolute atomic E-state index is 12.0. The molecule has 2 amide bonds. The van der Waals surface area contributed by atoms with Gasteiger partial charge in [-0.15, -0.1) is 0 Å². The molecule has 0 aliphatic carbocycles. The van der Waals surface area contributed by atoms with Gasteiger partial charge in [0.25, 0.3) is 0 Å². The maximum atomic E-state index is 12.0. The number of amides is 2. The monoisotopic (exact) mass is 361 g/mol. The van der Waals surface area contributed by atoms with Gasteiger partial charge in [0, 0.05) is 13.1 Å². The fraction of sp³-hybridized carbons (Fsp3) is 0.333. The number of methoxy groups -OCH3 is 1. The highest BCUT2D eigenvalue weighted by Gasteiger charge is 2.18. The molecule has 25 heavy (non-hydrogen) atoms. The molecule has 0 saturated carbocycles. The van der Waals surface area contributed by atoms with Crippen LogP contribution in [0.5, 0.6) is 5.75 Å². The van der Waals surface area contributed by atoms with Crippen LogP contribution in [0.25, 0.3) is 0 Å². The minimum atomic E-state index is -0.648. The molecule has 2 N–H and O–H groups in total. The zero-order valence-electron chi connectivity index (χ0n) is 14.6. The predicted molar refractivity (Wildman–Crippen MR) is 98.6 cm³/mol. The lowest BCUT2D eigenvalue weighted by Gasteiger charge is -2.23. The first-order chi connectivity index (χ1) is 12.0. The van der Waals surface area contributed by atoms with E-state index in [1.807, 2.05) is 60.1 Å². The lowest BCUT2D eigenvalue weighted by Crippen LogP contribution is -2.42. The Morgan fingerprint density at radius 2 is 1.96 bits per heavy atom. The third kappa shape index (κ3) is 5.58. The summed E-state index contributed by atoms with van der Waals surface area (Å²) in [5.41, 5.74) is 1.98. The summed E-state index contributed by atoms with van der Waals surface area (Å²) in [6.07, 6.45) is 0. The lowest BCUT2D eigenvalue weighted by molar-refractivity contribution is -0.139. The van der Waals surface area contributed by atoms with Crippen LogP contribution in [0.1, 0.15) is 17.2 Å². The van der Waals surface area contributed by atoms with Crippen LogP contribution in [0.15, 0.2) is 41.1 Å². The smallest absolute Gasteiger partial charge is 0.309 e. The number of carbonyl (C=O) groups is 2. The largest absolute Gasteiger partial charge is 0.497 e. The topological polar surface area (TPSA) is 70.7 Å². The Hall–Kier alpha value is -2.38. The van der Waals surface area contributed by atoms with E-state index >= 15 is 0 Å². The molecule has 1 unspecified atom stereocenters. The van der Waals surface area contributed by atoms with Gasteiger partial charge in [-0.25, -0.2) is 0 Å². The molecule has 2 rings (SSSR count). The molecule has 0 aliphatic heterocycles. The van der Waals surface area contributed by atoms with E-state index in [1.165, 1.54) is 0 Å². The number of thiophene rings is 1. The standard InChI is InChI=1S/C18H23N3O3S/c1-21(2)16(14-7-8-25-12-14)11-20-18(23)17(22)19-10-13-5-4-6-15(9-13)24-3/h4-9,12,16H,10-11H2,1-3H3,(H,19,22)(H,20,23). The lowest BCUT2D eigenvalue weighted by atomic mass is 10.1. The molecule has 0 spiro atoms. The van der Waals surface area contributed by atoms with Crippen LogP contribution in [0.2, 0.25) is 0 Å². The highest BCUT2D eigenvalue weighted by atomic mass is 32.1. The Morgan fingerprint density at radius 3 is 2.60 bits per heavy atom. The fourth-order valence-electron chi connectivity index (χ4n) is 2.38. The van der Waals surface area contributed by atoms with Crippen LogP contribution >= 0.6 is 11.3 Å². The second kappa shape index (κ2) is 9.19. The molecule has 0 radical (unpaired) electrons. The minimum absolute atomic E-state index is 0.0291. The molecule has 6 nitrogen and oxygen atoms in total. The molecule has 0 fully saturated rings. The van der Waals surface area contributed by atoms with Crippen molar-refractivity contribution in [1.29, 1.82) is 0 Å². The second-order valence-electron chi connectivity index (χ2n) is 5.78. The van der Waals surface area contributed by atoms with Gasteiger partial charge < -0.3 is 20.3 Å². The molecule has 0 saturated heterocycles. The first kappa shape index (κ1) is 19.0.